The summed E-state index contributed by atoms with van der Waals surface area (Å²) in [5.41, 5.74) is -1.25. The van der Waals surface area contributed by atoms with Crippen LogP contribution in [0.3, 0.4) is 0 Å². The van der Waals surface area contributed by atoms with Crippen molar-refractivity contribution in [2.45, 2.75) is 11.1 Å². The molecule has 0 fully saturated rings. The molecule has 0 saturated carbocycles. The third kappa shape index (κ3) is 2.69. The van der Waals surface area contributed by atoms with E-state index in [0.717, 1.165) is 12.1 Å². The number of nitrogens with one attached hydrogen (secondary N) is 1. The molecule has 0 spiro atoms. The second kappa shape index (κ2) is 5.43. The number of alkyl halides is 3. The Balaban J connectivity index is 2.08. The van der Waals surface area contributed by atoms with E-state index in [0.29, 0.717) is 11.5 Å². The fourth-order valence-electron chi connectivity index (χ4n) is 2.98. The van der Waals surface area contributed by atoms with Crippen molar-refractivity contribution in [3.63, 3.8) is 0 Å². The number of carboxylic acid groups (broad SMARTS) is 1. The molecule has 0 atom stereocenters. The zero-order valence-corrected chi connectivity index (χ0v) is 14.0. The molecule has 1 aromatic heterocycles. The number of sulfonamides is 1. The van der Waals surface area contributed by atoms with E-state index < -0.39 is 27.7 Å². The molecule has 6 nitrogen and oxygen atoms in total. The quantitative estimate of drug-likeness (QED) is 0.656. The van der Waals surface area contributed by atoms with E-state index >= 15 is 0 Å². The van der Waals surface area contributed by atoms with Gasteiger partial charge in [-0.15, -0.1) is 0 Å². The standard InChI is InChI=1S/C17H9F3N2O4S/c18-17(19,20)9-3-6-13-11(7-9)10-4-1-8-2-5-12(16(23)24)21-14(8)15(10)22-27(13,25)26/h1-7,22H,(H,23,24). The van der Waals surface area contributed by atoms with E-state index in [1.54, 1.807) is 0 Å². The van der Waals surface area contributed by atoms with Crippen LogP contribution in [0.5, 0.6) is 0 Å². The maximum Gasteiger partial charge on any atom is 0.416 e. The first kappa shape index (κ1) is 17.3. The van der Waals surface area contributed by atoms with Crippen LogP contribution in [0.4, 0.5) is 18.9 Å². The number of halogens is 3. The number of aromatic nitrogens is 1. The first-order chi connectivity index (χ1) is 12.6. The lowest BCUT2D eigenvalue weighted by Crippen LogP contribution is -2.20. The third-order valence-electron chi connectivity index (χ3n) is 4.20. The van der Waals surface area contributed by atoms with Crippen LogP contribution in [0.15, 0.2) is 47.4 Å². The molecule has 0 bridgehead atoms. The number of hydrogen-bond donors (Lipinski definition) is 2. The van der Waals surface area contributed by atoms with E-state index in [-0.39, 0.29) is 32.9 Å². The highest BCUT2D eigenvalue weighted by atomic mass is 32.2. The van der Waals surface area contributed by atoms with Crippen LogP contribution in [0.1, 0.15) is 16.1 Å². The number of anilines is 1. The summed E-state index contributed by atoms with van der Waals surface area (Å²) >= 11 is 0. The molecule has 0 amide bonds. The molecule has 0 saturated heterocycles. The Morgan fingerprint density at radius 1 is 1.04 bits per heavy atom. The minimum absolute atomic E-state index is 0.0408. The molecular weight excluding hydrogens is 385 g/mol. The molecule has 0 radical (unpaired) electrons. The van der Waals surface area contributed by atoms with E-state index in [1.165, 1.54) is 24.3 Å². The summed E-state index contributed by atoms with van der Waals surface area (Å²) in [5.74, 6) is -1.31. The summed E-state index contributed by atoms with van der Waals surface area (Å²) in [5, 5.41) is 9.55. The molecule has 2 aromatic carbocycles. The molecule has 2 N–H and O–H groups in total. The number of fused-ring (bicyclic) bond motifs is 5. The van der Waals surface area contributed by atoms with Crippen LogP contribution in [0, 0.1) is 0 Å². The number of benzene rings is 2. The van der Waals surface area contributed by atoms with E-state index in [1.807, 2.05) is 0 Å². The average Bonchev–Trinajstić information content (AvgIpc) is 2.59. The lowest BCUT2D eigenvalue weighted by Gasteiger charge is -2.23. The fraction of sp³-hybridized carbons (Fsp3) is 0.0588. The SMILES string of the molecule is O=C(O)c1ccc2ccc3c(c2n1)NS(=O)(=O)c1ccc(C(F)(F)F)cc1-3. The molecule has 0 unspecified atom stereocenters. The molecular formula is C17H9F3N2O4S. The van der Waals surface area contributed by atoms with Crippen LogP contribution in [-0.4, -0.2) is 24.5 Å². The largest absolute Gasteiger partial charge is 0.477 e. The maximum atomic E-state index is 13.1. The minimum atomic E-state index is -4.64. The summed E-state index contributed by atoms with van der Waals surface area (Å²) in [6.45, 7) is 0. The third-order valence-corrected chi connectivity index (χ3v) is 5.61. The number of pyridine rings is 1. The smallest absolute Gasteiger partial charge is 0.416 e. The topological polar surface area (TPSA) is 96.4 Å². The van der Waals surface area contributed by atoms with E-state index in [2.05, 4.69) is 9.71 Å². The minimum Gasteiger partial charge on any atom is -0.477 e. The Labute approximate surface area is 150 Å². The van der Waals surface area contributed by atoms with Crippen molar-refractivity contribution in [1.29, 1.82) is 0 Å². The van der Waals surface area contributed by atoms with Gasteiger partial charge in [-0.3, -0.25) is 4.72 Å². The van der Waals surface area contributed by atoms with Gasteiger partial charge in [-0.1, -0.05) is 18.2 Å². The predicted octanol–water partition coefficient (Wildman–Crippen LogP) is 3.73. The molecule has 1 aliphatic rings. The molecule has 10 heteroatoms. The van der Waals surface area contributed by atoms with Gasteiger partial charge in [0.25, 0.3) is 10.0 Å². The van der Waals surface area contributed by atoms with Gasteiger partial charge in [0.15, 0.2) is 0 Å². The summed E-state index contributed by atoms with van der Waals surface area (Å²) in [7, 11) is -4.15. The summed E-state index contributed by atoms with van der Waals surface area (Å²) < 4.78 is 66.6. The Morgan fingerprint density at radius 3 is 2.41 bits per heavy atom. The zero-order chi connectivity index (χ0) is 19.6. The lowest BCUT2D eigenvalue weighted by atomic mass is 9.98. The highest BCUT2D eigenvalue weighted by Crippen LogP contribution is 2.44. The molecule has 0 aliphatic carbocycles. The van der Waals surface area contributed by atoms with Gasteiger partial charge in [0.05, 0.1) is 21.7 Å². The van der Waals surface area contributed by atoms with Gasteiger partial charge in [0.1, 0.15) is 5.69 Å². The van der Waals surface area contributed by atoms with Gasteiger partial charge in [-0.2, -0.15) is 13.2 Å². The Kier molecular flexibility index (Phi) is 3.47. The van der Waals surface area contributed by atoms with Gasteiger partial charge < -0.3 is 5.11 Å². The van der Waals surface area contributed by atoms with Crippen molar-refractivity contribution in [3.05, 3.63) is 53.7 Å². The van der Waals surface area contributed by atoms with Crippen LogP contribution in [-0.2, 0) is 16.2 Å². The van der Waals surface area contributed by atoms with Crippen LogP contribution < -0.4 is 4.72 Å². The van der Waals surface area contributed by atoms with Gasteiger partial charge in [0, 0.05) is 16.5 Å². The van der Waals surface area contributed by atoms with Crippen molar-refractivity contribution in [3.8, 4) is 11.1 Å². The second-order valence-corrected chi connectivity index (χ2v) is 7.53. The van der Waals surface area contributed by atoms with Crippen molar-refractivity contribution < 1.29 is 31.5 Å². The maximum absolute atomic E-state index is 13.1. The Hall–Kier alpha value is -3.14. The van der Waals surface area contributed by atoms with E-state index in [9.17, 15) is 26.4 Å². The molecule has 138 valence electrons. The normalized spacial score (nSPS) is 14.9. The summed E-state index contributed by atoms with van der Waals surface area (Å²) in [4.78, 5) is 14.8. The molecule has 1 aliphatic heterocycles. The summed E-state index contributed by atoms with van der Waals surface area (Å²) in [6.07, 6.45) is -4.64. The predicted molar refractivity (Wildman–Crippen MR) is 89.9 cm³/mol. The number of hydrogen-bond acceptors (Lipinski definition) is 4. The fourth-order valence-corrected chi connectivity index (χ4v) is 4.27. The van der Waals surface area contributed by atoms with Crippen LogP contribution >= 0.6 is 0 Å². The van der Waals surface area contributed by atoms with Gasteiger partial charge in [-0.05, 0) is 24.3 Å². The number of nitrogens with zero attached hydrogens (tertiary/aromatic N) is 1. The van der Waals surface area contributed by atoms with Crippen molar-refractivity contribution in [1.82, 2.24) is 4.98 Å². The highest BCUT2D eigenvalue weighted by Gasteiger charge is 2.35. The molecule has 2 heterocycles. The summed E-state index contributed by atoms with van der Waals surface area (Å²) in [6, 6.07) is 8.07. The second-order valence-electron chi connectivity index (χ2n) is 5.88. The van der Waals surface area contributed by atoms with Crippen LogP contribution in [0.2, 0.25) is 0 Å². The number of aromatic carboxylic acids is 1. The van der Waals surface area contributed by atoms with Gasteiger partial charge >= 0.3 is 12.1 Å². The van der Waals surface area contributed by atoms with Crippen LogP contribution in [0.25, 0.3) is 22.0 Å². The van der Waals surface area contributed by atoms with E-state index in [4.69, 9.17) is 5.11 Å². The Bertz CT molecular complexity index is 1240. The average molecular weight is 394 g/mol. The molecule has 27 heavy (non-hydrogen) atoms. The van der Waals surface area contributed by atoms with Crippen molar-refractivity contribution in [2.75, 3.05) is 4.72 Å². The first-order valence-corrected chi connectivity index (χ1v) is 8.98. The first-order valence-electron chi connectivity index (χ1n) is 7.49. The van der Waals surface area contributed by atoms with Gasteiger partial charge in [-0.25, -0.2) is 18.2 Å². The zero-order valence-electron chi connectivity index (χ0n) is 13.2. The molecule has 3 aromatic rings. The number of carbonyl (C=O) groups is 1. The highest BCUT2D eigenvalue weighted by molar-refractivity contribution is 7.93. The van der Waals surface area contributed by atoms with Crippen molar-refractivity contribution in [2.24, 2.45) is 0 Å². The number of carboxylic acids is 1. The Morgan fingerprint density at radius 2 is 1.74 bits per heavy atom. The number of rotatable bonds is 1. The van der Waals surface area contributed by atoms with Crippen molar-refractivity contribution >= 4 is 32.6 Å². The molecule has 4 rings (SSSR count). The lowest BCUT2D eigenvalue weighted by molar-refractivity contribution is -0.137. The monoisotopic (exact) mass is 394 g/mol. The van der Waals surface area contributed by atoms with Gasteiger partial charge in [0.2, 0.25) is 0 Å².